The summed E-state index contributed by atoms with van der Waals surface area (Å²) in [4.78, 5) is 29.7. The quantitative estimate of drug-likeness (QED) is 0.175. The molecule has 1 unspecified atom stereocenters. The molecule has 0 aromatic rings. The number of carboxylic acids is 3. The average molecular weight is 398 g/mol. The number of nitrogens with two attached hydrogens (primary N) is 1. The molecule has 24 heavy (non-hydrogen) atoms. The standard InChI is InChI=1S/C6H12O7.C4H7NO4.Ca.Mg.4H/c7-1-2(8)3(9)4(10)5(11)6(12)13;5-2(4(8)9)1-3(6)7;;;;;;/h2-5,7-11H,1H2,(H,12,13);2H,1,5H2,(H,6,7)(H,8,9);;;;;;/q;;2*+2;4*-1/t2-,3-,4+,5-;;;;;;;/m1......./s1. The molecule has 0 fully saturated rings. The molecule has 0 spiro atoms. The molecule has 0 rings (SSSR count). The topological polar surface area (TPSA) is 239 Å². The van der Waals surface area contributed by atoms with Crippen LogP contribution in [-0.2, 0) is 14.4 Å². The minimum absolute atomic E-state index is 0. The van der Waals surface area contributed by atoms with E-state index in [1.165, 1.54) is 0 Å². The zero-order valence-electron chi connectivity index (χ0n) is 16.6. The number of hydrogen-bond acceptors (Lipinski definition) is 9. The first kappa shape index (κ1) is 31.9. The molecule has 0 aromatic heterocycles. The number of carboxylic acid groups (broad SMARTS) is 3. The number of aliphatic hydroxyl groups excluding tert-OH is 5. The minimum atomic E-state index is -2.20. The molecule has 10 N–H and O–H groups in total. The minimum Gasteiger partial charge on any atom is -1.00 e. The molecular weight excluding hydrogens is 374 g/mol. The van der Waals surface area contributed by atoms with Crippen LogP contribution in [0, 0.1) is 0 Å². The van der Waals surface area contributed by atoms with Crippen LogP contribution in [0.4, 0.5) is 0 Å². The average Bonchev–Trinajstić information content (AvgIpc) is 2.43. The third-order valence-corrected chi connectivity index (χ3v) is 2.22. The molecule has 0 aliphatic rings. The first-order valence-corrected chi connectivity index (χ1v) is 5.71. The van der Waals surface area contributed by atoms with E-state index >= 15 is 0 Å². The van der Waals surface area contributed by atoms with Crippen molar-refractivity contribution in [3.63, 3.8) is 0 Å². The van der Waals surface area contributed by atoms with Gasteiger partial charge in [-0.1, -0.05) is 0 Å². The zero-order chi connectivity index (χ0) is 18.0. The first-order valence-electron chi connectivity index (χ1n) is 5.71. The van der Waals surface area contributed by atoms with E-state index < -0.39 is 61.4 Å². The fraction of sp³-hybridized carbons (Fsp3) is 0.700. The summed E-state index contributed by atoms with van der Waals surface area (Å²) < 4.78 is 0. The summed E-state index contributed by atoms with van der Waals surface area (Å²) in [5.41, 5.74) is 4.84. The smallest absolute Gasteiger partial charge is 1.00 e. The SMILES string of the molecule is NC(CC(=O)O)C(=O)O.O=C(O)[C@H](O)[C@@H](O)[C@H](O)[C@H](O)CO.[Ca+2].[H-].[H-].[H-].[H-].[Mg+2]. The molecule has 0 amide bonds. The Morgan fingerprint density at radius 2 is 1.33 bits per heavy atom. The van der Waals surface area contributed by atoms with Crippen LogP contribution >= 0.6 is 0 Å². The number of aliphatic hydroxyl groups is 5. The van der Waals surface area contributed by atoms with Gasteiger partial charge in [-0.2, -0.15) is 0 Å². The molecular formula is C10H23CaMgNO11. The maximum atomic E-state index is 10.1. The first-order chi connectivity index (χ1) is 9.95. The van der Waals surface area contributed by atoms with Crippen molar-refractivity contribution in [2.75, 3.05) is 6.61 Å². The molecule has 0 aromatic carbocycles. The molecule has 138 valence electrons. The van der Waals surface area contributed by atoms with Gasteiger partial charge in [0, 0.05) is 0 Å². The number of aliphatic carboxylic acids is 3. The molecule has 5 atom stereocenters. The Labute approximate surface area is 188 Å². The van der Waals surface area contributed by atoms with Crippen molar-refractivity contribution in [3.05, 3.63) is 0 Å². The summed E-state index contributed by atoms with van der Waals surface area (Å²) in [5, 5.41) is 67.8. The maximum absolute atomic E-state index is 10.1. The van der Waals surface area contributed by atoms with Gasteiger partial charge in [0.2, 0.25) is 0 Å². The van der Waals surface area contributed by atoms with Gasteiger partial charge in [-0.05, 0) is 0 Å². The predicted octanol–water partition coefficient (Wildman–Crippen LogP) is -4.93. The van der Waals surface area contributed by atoms with Crippen LogP contribution < -0.4 is 5.73 Å². The summed E-state index contributed by atoms with van der Waals surface area (Å²) in [5.74, 6) is -4.22. The van der Waals surface area contributed by atoms with E-state index in [4.69, 9.17) is 46.6 Å². The van der Waals surface area contributed by atoms with Gasteiger partial charge in [0.1, 0.15) is 24.4 Å². The largest absolute Gasteiger partial charge is 2.00 e. The predicted molar refractivity (Wildman–Crippen MR) is 82.6 cm³/mol. The molecule has 0 aliphatic carbocycles. The van der Waals surface area contributed by atoms with Crippen LogP contribution in [0.3, 0.4) is 0 Å². The van der Waals surface area contributed by atoms with Crippen LogP contribution in [-0.4, -0.2) is 157 Å². The van der Waals surface area contributed by atoms with Gasteiger partial charge in [-0.25, -0.2) is 4.79 Å². The van der Waals surface area contributed by atoms with Crippen molar-refractivity contribution >= 4 is 78.7 Å². The Morgan fingerprint density at radius 3 is 1.54 bits per heavy atom. The van der Waals surface area contributed by atoms with Gasteiger partial charge in [0.15, 0.2) is 6.10 Å². The second-order valence-corrected chi connectivity index (χ2v) is 4.06. The molecule has 0 saturated heterocycles. The molecule has 0 saturated carbocycles. The van der Waals surface area contributed by atoms with Crippen LogP contribution in [0.5, 0.6) is 0 Å². The monoisotopic (exact) mass is 397 g/mol. The summed E-state index contributed by atoms with van der Waals surface area (Å²) in [6.07, 6.45) is -8.37. The Balaban J connectivity index is -0.0000000407. The van der Waals surface area contributed by atoms with Crippen LogP contribution in [0.15, 0.2) is 0 Å². The second kappa shape index (κ2) is 16.7. The summed E-state index contributed by atoms with van der Waals surface area (Å²) in [7, 11) is 0. The molecule has 14 heteroatoms. The van der Waals surface area contributed by atoms with Gasteiger partial charge >= 0.3 is 78.7 Å². The molecule has 0 aliphatic heterocycles. The van der Waals surface area contributed by atoms with Crippen molar-refractivity contribution < 1.29 is 60.9 Å². The van der Waals surface area contributed by atoms with Crippen molar-refractivity contribution in [2.45, 2.75) is 36.9 Å². The van der Waals surface area contributed by atoms with E-state index in [1.807, 2.05) is 0 Å². The third kappa shape index (κ3) is 14.5. The van der Waals surface area contributed by atoms with Gasteiger partial charge < -0.3 is 52.3 Å². The fourth-order valence-corrected chi connectivity index (χ4v) is 0.944. The zero-order valence-corrected chi connectivity index (χ0v) is 16.2. The second-order valence-electron chi connectivity index (χ2n) is 4.06. The molecule has 0 bridgehead atoms. The van der Waals surface area contributed by atoms with Crippen LogP contribution in [0.25, 0.3) is 0 Å². The van der Waals surface area contributed by atoms with Gasteiger partial charge in [-0.3, -0.25) is 9.59 Å². The van der Waals surface area contributed by atoms with E-state index in [0.29, 0.717) is 0 Å². The fourth-order valence-electron chi connectivity index (χ4n) is 0.944. The molecule has 0 heterocycles. The van der Waals surface area contributed by atoms with Crippen LogP contribution in [0.1, 0.15) is 12.1 Å². The number of rotatable bonds is 8. The van der Waals surface area contributed by atoms with Gasteiger partial charge in [-0.15, -0.1) is 0 Å². The summed E-state index contributed by atoms with van der Waals surface area (Å²) in [6, 6.07) is -1.29. The summed E-state index contributed by atoms with van der Waals surface area (Å²) >= 11 is 0. The molecule has 0 radical (unpaired) electrons. The van der Waals surface area contributed by atoms with E-state index in [-0.39, 0.29) is 66.5 Å². The van der Waals surface area contributed by atoms with E-state index in [1.54, 1.807) is 0 Å². The van der Waals surface area contributed by atoms with Crippen molar-refractivity contribution in [1.29, 1.82) is 0 Å². The number of hydrogen-bond donors (Lipinski definition) is 9. The Hall–Kier alpha value is 0.196. The van der Waals surface area contributed by atoms with Crippen molar-refractivity contribution in [1.82, 2.24) is 0 Å². The van der Waals surface area contributed by atoms with Gasteiger partial charge in [0.25, 0.3) is 0 Å². The van der Waals surface area contributed by atoms with Crippen molar-refractivity contribution in [2.24, 2.45) is 5.73 Å². The maximum Gasteiger partial charge on any atom is 2.00 e. The van der Waals surface area contributed by atoms with E-state index in [2.05, 4.69) is 0 Å². The van der Waals surface area contributed by atoms with E-state index in [0.717, 1.165) is 0 Å². The van der Waals surface area contributed by atoms with Crippen molar-refractivity contribution in [3.8, 4) is 0 Å². The summed E-state index contributed by atoms with van der Waals surface area (Å²) in [6.45, 7) is -0.843. The Bertz CT molecular complexity index is 402. The van der Waals surface area contributed by atoms with E-state index in [9.17, 15) is 14.4 Å². The molecule has 12 nitrogen and oxygen atoms in total. The number of carbonyl (C=O) groups is 3. The normalized spacial score (nSPS) is 15.8. The van der Waals surface area contributed by atoms with Crippen LogP contribution in [0.2, 0.25) is 0 Å². The van der Waals surface area contributed by atoms with Gasteiger partial charge in [0.05, 0.1) is 13.0 Å². The Morgan fingerprint density at radius 1 is 0.917 bits per heavy atom. The Kier molecular flexibility index (Phi) is 22.1. The third-order valence-electron chi connectivity index (χ3n) is 2.22.